The van der Waals surface area contributed by atoms with Crippen LogP contribution in [0, 0.1) is 0 Å². The van der Waals surface area contributed by atoms with Crippen molar-refractivity contribution in [1.29, 1.82) is 0 Å². The van der Waals surface area contributed by atoms with Crippen molar-refractivity contribution in [2.75, 3.05) is 39.5 Å². The van der Waals surface area contributed by atoms with Crippen molar-refractivity contribution in [3.63, 3.8) is 0 Å². The first kappa shape index (κ1) is 35.4. The minimum absolute atomic E-state index is 0.166. The van der Waals surface area contributed by atoms with Gasteiger partial charge < -0.3 is 14.2 Å². The van der Waals surface area contributed by atoms with Crippen LogP contribution < -0.4 is 0 Å². The van der Waals surface area contributed by atoms with Gasteiger partial charge in [0.15, 0.2) is 0 Å². The Hall–Kier alpha value is -1.63. The molecule has 0 rings (SSSR count). The summed E-state index contributed by atoms with van der Waals surface area (Å²) in [5.74, 6) is -0.499. The molecule has 0 aromatic rings. The molecule has 7 heteroatoms. The molecule has 0 aromatic heterocycles. The van der Waals surface area contributed by atoms with Gasteiger partial charge in [-0.25, -0.2) is 0 Å². The van der Waals surface area contributed by atoms with Gasteiger partial charge in [-0.3, -0.25) is 19.3 Å². The minimum atomic E-state index is -0.166. The molecule has 7 nitrogen and oxygen atoms in total. The highest BCUT2D eigenvalue weighted by molar-refractivity contribution is 5.69. The molecule has 0 fully saturated rings. The van der Waals surface area contributed by atoms with E-state index < -0.39 is 0 Å². The Morgan fingerprint density at radius 1 is 0.432 bits per heavy atom. The second-order valence-electron chi connectivity index (χ2n) is 10.00. The van der Waals surface area contributed by atoms with Gasteiger partial charge in [0.25, 0.3) is 0 Å². The van der Waals surface area contributed by atoms with Crippen molar-refractivity contribution >= 4 is 17.9 Å². The molecule has 0 saturated carbocycles. The topological polar surface area (TPSA) is 82.1 Å². The Labute approximate surface area is 227 Å². The maximum Gasteiger partial charge on any atom is 0.305 e. The molecule has 0 bridgehead atoms. The number of hydrogen-bond donors (Lipinski definition) is 0. The average Bonchev–Trinajstić information content (AvgIpc) is 2.88. The third-order valence-corrected chi connectivity index (χ3v) is 6.47. The van der Waals surface area contributed by atoms with Crippen LogP contribution in [0.25, 0.3) is 0 Å². The summed E-state index contributed by atoms with van der Waals surface area (Å²) in [5.41, 5.74) is 0. The van der Waals surface area contributed by atoms with Crippen LogP contribution in [0.3, 0.4) is 0 Å². The summed E-state index contributed by atoms with van der Waals surface area (Å²) in [6, 6.07) is 0. The summed E-state index contributed by atoms with van der Waals surface area (Å²) in [6.45, 7) is 8.92. The van der Waals surface area contributed by atoms with E-state index in [1.807, 2.05) is 4.90 Å². The van der Waals surface area contributed by atoms with E-state index in [9.17, 15) is 14.4 Å². The lowest BCUT2D eigenvalue weighted by atomic mass is 10.1. The standard InChI is InChI=1S/C30H57NO6/c1-4-7-10-13-16-19-28(32)35-25-22-31(23-26-36-29(33)20-17-14-11-8-5-2)24-27-37-30(34)21-18-15-12-9-6-3/h4-27H2,1-3H3. The van der Waals surface area contributed by atoms with Gasteiger partial charge in [0.05, 0.1) is 0 Å². The van der Waals surface area contributed by atoms with E-state index in [1.54, 1.807) is 0 Å². The van der Waals surface area contributed by atoms with Crippen LogP contribution in [0.2, 0.25) is 0 Å². The smallest absolute Gasteiger partial charge is 0.305 e. The highest BCUT2D eigenvalue weighted by Crippen LogP contribution is 2.08. The predicted molar refractivity (Wildman–Crippen MR) is 149 cm³/mol. The first-order valence-corrected chi connectivity index (χ1v) is 15.2. The van der Waals surface area contributed by atoms with Crippen LogP contribution in [-0.2, 0) is 28.6 Å². The molecule has 0 N–H and O–H groups in total. The van der Waals surface area contributed by atoms with Gasteiger partial charge in [0.2, 0.25) is 0 Å². The van der Waals surface area contributed by atoms with Crippen molar-refractivity contribution in [1.82, 2.24) is 4.90 Å². The third kappa shape index (κ3) is 25.8. The van der Waals surface area contributed by atoms with Gasteiger partial charge in [-0.1, -0.05) is 97.8 Å². The Morgan fingerprint density at radius 2 is 0.703 bits per heavy atom. The van der Waals surface area contributed by atoms with Crippen molar-refractivity contribution in [3.05, 3.63) is 0 Å². The van der Waals surface area contributed by atoms with Crippen molar-refractivity contribution in [2.45, 2.75) is 136 Å². The molecule has 0 spiro atoms. The first-order valence-electron chi connectivity index (χ1n) is 15.2. The van der Waals surface area contributed by atoms with Gasteiger partial charge in [-0.15, -0.1) is 0 Å². The SMILES string of the molecule is CCCCCCCC(=O)OCCN(CCOC(=O)CCCCCCC)CCOC(=O)CCCCCCC. The average molecular weight is 528 g/mol. The van der Waals surface area contributed by atoms with E-state index in [1.165, 1.54) is 38.5 Å². The fraction of sp³-hybridized carbons (Fsp3) is 0.900. The molecular formula is C30H57NO6. The van der Waals surface area contributed by atoms with Gasteiger partial charge in [-0.2, -0.15) is 0 Å². The molecule has 0 saturated heterocycles. The fourth-order valence-corrected chi connectivity index (χ4v) is 4.04. The number of rotatable bonds is 27. The molecule has 0 radical (unpaired) electrons. The molecule has 0 aliphatic carbocycles. The van der Waals surface area contributed by atoms with Crippen molar-refractivity contribution < 1.29 is 28.6 Å². The largest absolute Gasteiger partial charge is 0.464 e. The van der Waals surface area contributed by atoms with Crippen LogP contribution >= 0.6 is 0 Å². The number of nitrogens with zero attached hydrogens (tertiary/aromatic N) is 1. The van der Waals surface area contributed by atoms with Crippen LogP contribution in [0.1, 0.15) is 136 Å². The summed E-state index contributed by atoms with van der Waals surface area (Å²) in [5, 5.41) is 0. The molecule has 37 heavy (non-hydrogen) atoms. The highest BCUT2D eigenvalue weighted by Gasteiger charge is 2.11. The molecule has 0 aromatic carbocycles. The second-order valence-corrected chi connectivity index (χ2v) is 10.00. The van der Waals surface area contributed by atoms with Crippen LogP contribution in [0.5, 0.6) is 0 Å². The lowest BCUT2D eigenvalue weighted by molar-refractivity contribution is -0.144. The normalized spacial score (nSPS) is 11.0. The zero-order valence-corrected chi connectivity index (χ0v) is 24.4. The molecule has 218 valence electrons. The molecule has 0 atom stereocenters. The Kier molecular flexibility index (Phi) is 26.2. The van der Waals surface area contributed by atoms with E-state index in [0.717, 1.165) is 57.8 Å². The van der Waals surface area contributed by atoms with Crippen molar-refractivity contribution in [2.24, 2.45) is 0 Å². The van der Waals surface area contributed by atoms with E-state index in [-0.39, 0.29) is 37.7 Å². The maximum atomic E-state index is 12.0. The third-order valence-electron chi connectivity index (χ3n) is 6.47. The predicted octanol–water partition coefficient (Wildman–Crippen LogP) is 7.00. The van der Waals surface area contributed by atoms with E-state index in [4.69, 9.17) is 14.2 Å². The quantitative estimate of drug-likeness (QED) is 0.0646. The number of unbranched alkanes of at least 4 members (excludes halogenated alkanes) is 12. The lowest BCUT2D eigenvalue weighted by Gasteiger charge is -2.22. The Bertz CT molecular complexity index is 478. The van der Waals surface area contributed by atoms with Gasteiger partial charge in [0, 0.05) is 38.9 Å². The molecule has 0 aliphatic heterocycles. The minimum Gasteiger partial charge on any atom is -0.464 e. The van der Waals surface area contributed by atoms with Crippen molar-refractivity contribution in [3.8, 4) is 0 Å². The van der Waals surface area contributed by atoms with Crippen LogP contribution in [0.15, 0.2) is 0 Å². The highest BCUT2D eigenvalue weighted by atomic mass is 16.5. The second kappa shape index (κ2) is 27.4. The number of hydrogen-bond acceptors (Lipinski definition) is 7. The van der Waals surface area contributed by atoms with E-state index >= 15 is 0 Å². The first-order chi connectivity index (χ1) is 18.0. The number of carbonyl (C=O) groups excluding carboxylic acids is 3. The van der Waals surface area contributed by atoms with Crippen LogP contribution in [0.4, 0.5) is 0 Å². The van der Waals surface area contributed by atoms with Crippen LogP contribution in [-0.4, -0.2) is 62.3 Å². The summed E-state index contributed by atoms with van der Waals surface area (Å²) in [4.78, 5) is 38.1. The van der Waals surface area contributed by atoms with Gasteiger partial charge in [-0.05, 0) is 19.3 Å². The lowest BCUT2D eigenvalue weighted by Crippen LogP contribution is -2.35. The zero-order chi connectivity index (χ0) is 27.4. The summed E-state index contributed by atoms with van der Waals surface area (Å²) in [6.07, 6.45) is 17.8. The monoisotopic (exact) mass is 527 g/mol. The van der Waals surface area contributed by atoms with Gasteiger partial charge in [0.1, 0.15) is 19.8 Å². The number of ether oxygens (including phenoxy) is 3. The van der Waals surface area contributed by atoms with Gasteiger partial charge >= 0.3 is 17.9 Å². The Morgan fingerprint density at radius 3 is 0.973 bits per heavy atom. The zero-order valence-electron chi connectivity index (χ0n) is 24.4. The van der Waals surface area contributed by atoms with E-state index in [0.29, 0.717) is 38.9 Å². The molecule has 0 aliphatic rings. The number of esters is 3. The molecule has 0 unspecified atom stereocenters. The molecule has 0 amide bonds. The maximum absolute atomic E-state index is 12.0. The van der Waals surface area contributed by atoms with E-state index in [2.05, 4.69) is 20.8 Å². The fourth-order valence-electron chi connectivity index (χ4n) is 4.04. The summed E-state index contributed by atoms with van der Waals surface area (Å²) < 4.78 is 16.2. The summed E-state index contributed by atoms with van der Waals surface area (Å²) >= 11 is 0. The molecular weight excluding hydrogens is 470 g/mol. The summed E-state index contributed by atoms with van der Waals surface area (Å²) in [7, 11) is 0. The molecule has 0 heterocycles. The Balaban J connectivity index is 4.29. The number of carbonyl (C=O) groups is 3.